The Hall–Kier alpha value is -3.36. The number of sulfonamides is 1. The Morgan fingerprint density at radius 3 is 2.12 bits per heavy atom. The van der Waals surface area contributed by atoms with Gasteiger partial charge in [-0.15, -0.1) is 0 Å². The van der Waals surface area contributed by atoms with Gasteiger partial charge in [0.15, 0.2) is 0 Å². The lowest BCUT2D eigenvalue weighted by Crippen LogP contribution is -2.53. The zero-order chi connectivity index (χ0) is 30.4. The second-order valence-corrected chi connectivity index (χ2v) is 13.4. The molecule has 1 aliphatic rings. The number of amides is 2. The van der Waals surface area contributed by atoms with E-state index in [2.05, 4.69) is 5.32 Å². The van der Waals surface area contributed by atoms with Crippen LogP contribution >= 0.6 is 11.6 Å². The summed E-state index contributed by atoms with van der Waals surface area (Å²) < 4.78 is 29.3. The van der Waals surface area contributed by atoms with Crippen LogP contribution in [0.5, 0.6) is 0 Å². The normalized spacial score (nSPS) is 14.4. The van der Waals surface area contributed by atoms with Gasteiger partial charge in [-0.2, -0.15) is 0 Å². The topological polar surface area (TPSA) is 86.8 Å². The lowest BCUT2D eigenvalue weighted by molar-refractivity contribution is -0.140. The fourth-order valence-corrected chi connectivity index (χ4v) is 7.04. The Kier molecular flexibility index (Phi) is 10.3. The SMILES string of the molecule is CCC(C(=O)NC1CCCC1)N(Cc1ccc(C)cc1)C(=O)CN(c1cccc(Cl)c1C)S(=O)(=O)c1ccc(C)cc1. The van der Waals surface area contributed by atoms with Crippen molar-refractivity contribution >= 4 is 39.1 Å². The number of aryl methyl sites for hydroxylation is 2. The maximum absolute atomic E-state index is 14.3. The fourth-order valence-electron chi connectivity index (χ4n) is 5.39. The lowest BCUT2D eigenvalue weighted by Gasteiger charge is -2.34. The molecule has 1 unspecified atom stereocenters. The molecule has 0 aliphatic heterocycles. The number of benzene rings is 3. The Morgan fingerprint density at radius 2 is 1.52 bits per heavy atom. The Morgan fingerprint density at radius 1 is 0.929 bits per heavy atom. The molecule has 3 aromatic carbocycles. The van der Waals surface area contributed by atoms with Gasteiger partial charge in [0, 0.05) is 17.6 Å². The van der Waals surface area contributed by atoms with E-state index in [9.17, 15) is 18.0 Å². The van der Waals surface area contributed by atoms with E-state index in [1.54, 1.807) is 37.3 Å². The number of halogens is 1. The van der Waals surface area contributed by atoms with Gasteiger partial charge in [0.25, 0.3) is 10.0 Å². The van der Waals surface area contributed by atoms with E-state index in [0.29, 0.717) is 22.7 Å². The van der Waals surface area contributed by atoms with Crippen molar-refractivity contribution in [2.75, 3.05) is 10.8 Å². The molecule has 1 saturated carbocycles. The molecule has 0 spiro atoms. The minimum absolute atomic E-state index is 0.0661. The molecule has 0 radical (unpaired) electrons. The second-order valence-electron chi connectivity index (χ2n) is 11.1. The Bertz CT molecular complexity index is 1500. The second kappa shape index (κ2) is 13.7. The molecule has 4 rings (SSSR count). The smallest absolute Gasteiger partial charge is 0.264 e. The number of rotatable bonds is 11. The molecule has 1 N–H and O–H groups in total. The van der Waals surface area contributed by atoms with Crippen LogP contribution < -0.4 is 9.62 Å². The largest absolute Gasteiger partial charge is 0.352 e. The van der Waals surface area contributed by atoms with Gasteiger partial charge < -0.3 is 10.2 Å². The molecular formula is C33H40ClN3O4S. The van der Waals surface area contributed by atoms with Crippen LogP contribution in [-0.4, -0.2) is 43.8 Å². The van der Waals surface area contributed by atoms with E-state index in [-0.39, 0.29) is 23.4 Å². The number of hydrogen-bond acceptors (Lipinski definition) is 4. The third-order valence-corrected chi connectivity index (χ3v) is 10.1. The van der Waals surface area contributed by atoms with Crippen LogP contribution in [-0.2, 0) is 26.2 Å². The molecular weight excluding hydrogens is 570 g/mol. The first-order valence-corrected chi connectivity index (χ1v) is 16.3. The van der Waals surface area contributed by atoms with E-state index < -0.39 is 28.5 Å². The van der Waals surface area contributed by atoms with E-state index in [0.717, 1.165) is 46.7 Å². The van der Waals surface area contributed by atoms with Crippen LogP contribution in [0.2, 0.25) is 5.02 Å². The van der Waals surface area contributed by atoms with Crippen molar-refractivity contribution in [1.29, 1.82) is 0 Å². The highest BCUT2D eigenvalue weighted by Gasteiger charge is 2.35. The van der Waals surface area contributed by atoms with Crippen molar-refractivity contribution in [3.63, 3.8) is 0 Å². The molecule has 9 heteroatoms. The Balaban J connectivity index is 1.74. The molecule has 0 aromatic heterocycles. The van der Waals surface area contributed by atoms with Crippen LogP contribution in [0.1, 0.15) is 61.3 Å². The third-order valence-electron chi connectivity index (χ3n) is 7.96. The number of nitrogens with zero attached hydrogens (tertiary/aromatic N) is 2. The van der Waals surface area contributed by atoms with Crippen molar-refractivity contribution in [3.8, 4) is 0 Å². The molecule has 1 atom stereocenters. The summed E-state index contributed by atoms with van der Waals surface area (Å²) in [7, 11) is -4.16. The molecule has 3 aromatic rings. The predicted molar refractivity (Wildman–Crippen MR) is 168 cm³/mol. The van der Waals surface area contributed by atoms with Gasteiger partial charge in [-0.1, -0.05) is 85.0 Å². The number of carbonyl (C=O) groups is 2. The average Bonchev–Trinajstić information content (AvgIpc) is 3.47. The minimum Gasteiger partial charge on any atom is -0.352 e. The van der Waals surface area contributed by atoms with Crippen LogP contribution in [0.3, 0.4) is 0 Å². The van der Waals surface area contributed by atoms with Gasteiger partial charge in [0.1, 0.15) is 12.6 Å². The lowest BCUT2D eigenvalue weighted by atomic mass is 10.1. The van der Waals surface area contributed by atoms with E-state index >= 15 is 0 Å². The summed E-state index contributed by atoms with van der Waals surface area (Å²) in [6, 6.07) is 18.6. The van der Waals surface area contributed by atoms with Crippen molar-refractivity contribution in [3.05, 3.63) is 94.0 Å². The average molecular weight is 610 g/mol. The molecule has 2 amide bonds. The van der Waals surface area contributed by atoms with Crippen molar-refractivity contribution in [2.24, 2.45) is 0 Å². The third kappa shape index (κ3) is 7.34. The highest BCUT2D eigenvalue weighted by atomic mass is 35.5. The van der Waals surface area contributed by atoms with Gasteiger partial charge in [0.05, 0.1) is 10.6 Å². The highest BCUT2D eigenvalue weighted by molar-refractivity contribution is 7.92. The van der Waals surface area contributed by atoms with E-state index in [1.165, 1.54) is 17.0 Å². The van der Waals surface area contributed by atoms with Crippen molar-refractivity contribution in [2.45, 2.75) is 83.3 Å². The number of anilines is 1. The maximum Gasteiger partial charge on any atom is 0.264 e. The monoisotopic (exact) mass is 609 g/mol. The van der Waals surface area contributed by atoms with E-state index in [1.807, 2.05) is 45.0 Å². The standard InChI is InChI=1S/C33H40ClN3O4S/c1-5-30(33(39)35-27-9-6-7-10-27)36(21-26-17-13-23(2)14-18-26)32(38)22-37(31-12-8-11-29(34)25(31)4)42(40,41)28-19-15-24(3)16-20-28/h8,11-20,27,30H,5-7,9-10,21-22H2,1-4H3,(H,35,39). The minimum atomic E-state index is -4.16. The molecule has 0 saturated heterocycles. The first-order valence-electron chi connectivity index (χ1n) is 14.5. The number of hydrogen-bond donors (Lipinski definition) is 1. The fraction of sp³-hybridized carbons (Fsp3) is 0.394. The summed E-state index contributed by atoms with van der Waals surface area (Å²) in [6.07, 6.45) is 4.36. The molecule has 1 aliphatic carbocycles. The molecule has 42 heavy (non-hydrogen) atoms. The number of carbonyl (C=O) groups excluding carboxylic acids is 2. The van der Waals surface area contributed by atoms with Crippen molar-refractivity contribution < 1.29 is 18.0 Å². The molecule has 7 nitrogen and oxygen atoms in total. The van der Waals surface area contributed by atoms with Crippen LogP contribution in [0.25, 0.3) is 0 Å². The first-order chi connectivity index (χ1) is 20.0. The van der Waals surface area contributed by atoms with Crippen LogP contribution in [0.4, 0.5) is 5.69 Å². The summed E-state index contributed by atoms with van der Waals surface area (Å²) in [4.78, 5) is 29.4. The quantitative estimate of drug-likeness (QED) is 0.275. The first kappa shape index (κ1) is 31.6. The van der Waals surface area contributed by atoms with Crippen LogP contribution in [0.15, 0.2) is 71.6 Å². The summed E-state index contributed by atoms with van der Waals surface area (Å²) in [5.74, 6) is -0.684. The zero-order valence-corrected chi connectivity index (χ0v) is 26.3. The molecule has 0 bridgehead atoms. The molecule has 1 fully saturated rings. The summed E-state index contributed by atoms with van der Waals surface area (Å²) >= 11 is 6.42. The van der Waals surface area contributed by atoms with Gasteiger partial charge in [-0.25, -0.2) is 8.42 Å². The van der Waals surface area contributed by atoms with E-state index in [4.69, 9.17) is 11.6 Å². The van der Waals surface area contributed by atoms with Crippen molar-refractivity contribution in [1.82, 2.24) is 10.2 Å². The predicted octanol–water partition coefficient (Wildman–Crippen LogP) is 6.33. The summed E-state index contributed by atoms with van der Waals surface area (Å²) in [5, 5.41) is 3.53. The van der Waals surface area contributed by atoms with Crippen LogP contribution in [0, 0.1) is 20.8 Å². The van der Waals surface area contributed by atoms with Gasteiger partial charge in [-0.05, 0) is 75.4 Å². The zero-order valence-electron chi connectivity index (χ0n) is 24.8. The maximum atomic E-state index is 14.3. The molecule has 0 heterocycles. The summed E-state index contributed by atoms with van der Waals surface area (Å²) in [6.45, 7) is 7.14. The summed E-state index contributed by atoms with van der Waals surface area (Å²) in [5.41, 5.74) is 3.70. The van der Waals surface area contributed by atoms with Gasteiger partial charge in [0.2, 0.25) is 11.8 Å². The van der Waals surface area contributed by atoms with Gasteiger partial charge >= 0.3 is 0 Å². The Labute approximate surface area is 254 Å². The van der Waals surface area contributed by atoms with Gasteiger partial charge in [-0.3, -0.25) is 13.9 Å². The number of nitrogens with one attached hydrogen (secondary N) is 1. The highest BCUT2D eigenvalue weighted by Crippen LogP contribution is 2.31. The molecule has 224 valence electrons.